The summed E-state index contributed by atoms with van der Waals surface area (Å²) >= 11 is 1.73. The minimum absolute atomic E-state index is 0.0187. The van der Waals surface area contributed by atoms with Crippen LogP contribution in [0.3, 0.4) is 0 Å². The van der Waals surface area contributed by atoms with Crippen LogP contribution in [0.1, 0.15) is 36.0 Å². The quantitative estimate of drug-likeness (QED) is 0.225. The number of rotatable bonds is 9. The maximum absolute atomic E-state index is 12.9. The third-order valence-electron chi connectivity index (χ3n) is 6.75. The molecule has 1 aliphatic heterocycles. The van der Waals surface area contributed by atoms with Crippen molar-refractivity contribution in [2.24, 2.45) is 5.92 Å². The average Bonchev–Trinajstić information content (AvgIpc) is 2.97. The number of sulfonamides is 1. The molecule has 1 aliphatic rings. The Morgan fingerprint density at radius 1 is 0.821 bits per heavy atom. The third-order valence-corrected chi connectivity index (χ3v) is 9.24. The number of benzene rings is 4. The van der Waals surface area contributed by atoms with Gasteiger partial charge in [-0.05, 0) is 47.5 Å². The van der Waals surface area contributed by atoms with Gasteiger partial charge in [-0.15, -0.1) is 11.8 Å². The summed E-state index contributed by atoms with van der Waals surface area (Å²) in [7, 11) is -3.74. The van der Waals surface area contributed by atoms with Crippen LogP contribution >= 0.6 is 11.8 Å². The molecule has 1 fully saturated rings. The summed E-state index contributed by atoms with van der Waals surface area (Å²) in [5, 5.41) is 9.48. The molecule has 6 nitrogen and oxygen atoms in total. The Balaban J connectivity index is 1.40. The van der Waals surface area contributed by atoms with E-state index in [-0.39, 0.29) is 29.6 Å². The predicted molar refractivity (Wildman–Crippen MR) is 154 cm³/mol. The van der Waals surface area contributed by atoms with E-state index in [1.807, 2.05) is 48.5 Å². The van der Waals surface area contributed by atoms with E-state index >= 15 is 0 Å². The largest absolute Gasteiger partial charge is 0.392 e. The highest BCUT2D eigenvalue weighted by atomic mass is 32.2. The third kappa shape index (κ3) is 6.72. The zero-order valence-electron chi connectivity index (χ0n) is 21.5. The summed E-state index contributed by atoms with van der Waals surface area (Å²) in [6.07, 6.45) is -1.06. The topological polar surface area (TPSA) is 84.9 Å². The summed E-state index contributed by atoms with van der Waals surface area (Å²) in [5.41, 5.74) is 3.00. The van der Waals surface area contributed by atoms with Crippen molar-refractivity contribution >= 4 is 27.5 Å². The number of aliphatic hydroxyl groups is 1. The summed E-state index contributed by atoms with van der Waals surface area (Å²) < 4.78 is 41.5. The van der Waals surface area contributed by atoms with E-state index in [4.69, 9.17) is 9.47 Å². The molecule has 202 valence electrons. The molecular formula is C31H31NO5S2. The fourth-order valence-corrected chi connectivity index (χ4v) is 6.73. The van der Waals surface area contributed by atoms with Crippen LogP contribution in [0.15, 0.2) is 119 Å². The number of nitrogens with one attached hydrogen (secondary N) is 1. The summed E-state index contributed by atoms with van der Waals surface area (Å²) in [5.74, 6) is 0.786. The van der Waals surface area contributed by atoms with Gasteiger partial charge in [-0.2, -0.15) is 0 Å². The van der Waals surface area contributed by atoms with Gasteiger partial charge in [0, 0.05) is 27.8 Å². The van der Waals surface area contributed by atoms with Gasteiger partial charge in [0.25, 0.3) is 10.0 Å². The monoisotopic (exact) mass is 561 g/mol. The lowest BCUT2D eigenvalue weighted by Gasteiger charge is -2.41. The molecule has 0 bridgehead atoms. The molecule has 4 aromatic rings. The molecule has 0 saturated carbocycles. The van der Waals surface area contributed by atoms with Gasteiger partial charge >= 0.3 is 0 Å². The minimum Gasteiger partial charge on any atom is -0.392 e. The smallest absolute Gasteiger partial charge is 0.261 e. The predicted octanol–water partition coefficient (Wildman–Crippen LogP) is 6.56. The molecule has 39 heavy (non-hydrogen) atoms. The molecule has 1 saturated heterocycles. The Bertz CT molecular complexity index is 1460. The van der Waals surface area contributed by atoms with Gasteiger partial charge in [0.2, 0.25) is 0 Å². The highest BCUT2D eigenvalue weighted by Crippen LogP contribution is 2.43. The average molecular weight is 562 g/mol. The summed E-state index contributed by atoms with van der Waals surface area (Å²) in [4.78, 5) is 1.36. The first kappa shape index (κ1) is 27.4. The second kappa shape index (κ2) is 12.4. The molecule has 4 atom stereocenters. The second-order valence-corrected chi connectivity index (χ2v) is 12.3. The first-order valence-corrected chi connectivity index (χ1v) is 15.3. The Labute approximate surface area is 234 Å². The number of hydrogen-bond donors (Lipinski definition) is 2. The summed E-state index contributed by atoms with van der Waals surface area (Å²) in [6, 6.07) is 33.4. The van der Waals surface area contributed by atoms with E-state index in [0.29, 0.717) is 5.69 Å². The number of hydrogen-bond acceptors (Lipinski definition) is 6. The van der Waals surface area contributed by atoms with Crippen molar-refractivity contribution in [3.8, 4) is 0 Å². The van der Waals surface area contributed by atoms with Crippen molar-refractivity contribution in [2.45, 2.75) is 41.8 Å². The zero-order chi connectivity index (χ0) is 27.2. The Morgan fingerprint density at radius 3 is 2.21 bits per heavy atom. The van der Waals surface area contributed by atoms with Gasteiger partial charge in [0.05, 0.1) is 23.7 Å². The lowest BCUT2D eigenvalue weighted by atomic mass is 9.91. The molecule has 8 heteroatoms. The second-order valence-electron chi connectivity index (χ2n) is 9.49. The Morgan fingerprint density at radius 2 is 1.51 bits per heavy atom. The van der Waals surface area contributed by atoms with Crippen molar-refractivity contribution in [1.82, 2.24) is 0 Å². The van der Waals surface area contributed by atoms with Gasteiger partial charge in [0.15, 0.2) is 6.29 Å². The van der Waals surface area contributed by atoms with Crippen LogP contribution < -0.4 is 4.72 Å². The zero-order valence-corrected chi connectivity index (χ0v) is 23.1. The van der Waals surface area contributed by atoms with Crippen molar-refractivity contribution in [3.05, 3.63) is 126 Å². The van der Waals surface area contributed by atoms with Gasteiger partial charge in [-0.25, -0.2) is 8.42 Å². The van der Waals surface area contributed by atoms with Gasteiger partial charge in [0.1, 0.15) is 0 Å². The number of anilines is 1. The van der Waals surface area contributed by atoms with Crippen molar-refractivity contribution in [1.29, 1.82) is 0 Å². The van der Waals surface area contributed by atoms with Crippen LogP contribution in [0, 0.1) is 5.92 Å². The Hall–Kier alpha value is -3.14. The van der Waals surface area contributed by atoms with E-state index in [2.05, 4.69) is 23.8 Å². The SMILES string of the molecule is C[C@@H]1[C@H](CSc2ccccc2)O[C@H](c2cccc(NS(=O)(=O)c3ccccc3)c2)O[C@@H]1c1ccc(CO)cc1. The minimum atomic E-state index is -3.74. The molecule has 0 aliphatic carbocycles. The molecule has 0 unspecified atom stereocenters. The maximum atomic E-state index is 12.9. The molecule has 2 N–H and O–H groups in total. The molecule has 0 radical (unpaired) electrons. The van der Waals surface area contributed by atoms with Crippen LogP contribution in [0.4, 0.5) is 5.69 Å². The molecule has 1 heterocycles. The van der Waals surface area contributed by atoms with E-state index in [1.54, 1.807) is 60.3 Å². The van der Waals surface area contributed by atoms with Crippen LogP contribution in [0.2, 0.25) is 0 Å². The molecule has 0 aromatic heterocycles. The first-order chi connectivity index (χ1) is 18.9. The van der Waals surface area contributed by atoms with Gasteiger partial charge < -0.3 is 14.6 Å². The normalized spacial score (nSPS) is 21.4. The van der Waals surface area contributed by atoms with Crippen LogP contribution in [-0.2, 0) is 26.1 Å². The molecule has 5 rings (SSSR count). The van der Waals surface area contributed by atoms with E-state index in [1.165, 1.54) is 0 Å². The highest BCUT2D eigenvalue weighted by Gasteiger charge is 2.38. The van der Waals surface area contributed by atoms with Gasteiger partial charge in [-0.3, -0.25) is 4.72 Å². The van der Waals surface area contributed by atoms with E-state index in [9.17, 15) is 13.5 Å². The van der Waals surface area contributed by atoms with Crippen LogP contribution in [-0.4, -0.2) is 25.4 Å². The lowest BCUT2D eigenvalue weighted by Crippen LogP contribution is -2.38. The first-order valence-electron chi connectivity index (χ1n) is 12.8. The molecular weight excluding hydrogens is 530 g/mol. The highest BCUT2D eigenvalue weighted by molar-refractivity contribution is 7.99. The van der Waals surface area contributed by atoms with E-state index in [0.717, 1.165) is 27.3 Å². The van der Waals surface area contributed by atoms with Crippen LogP contribution in [0.5, 0.6) is 0 Å². The molecule has 0 amide bonds. The van der Waals surface area contributed by atoms with Crippen LogP contribution in [0.25, 0.3) is 0 Å². The van der Waals surface area contributed by atoms with Crippen molar-refractivity contribution in [2.75, 3.05) is 10.5 Å². The summed E-state index contributed by atoms with van der Waals surface area (Å²) in [6.45, 7) is 2.11. The standard InChI is InChI=1S/C31H31NO5S2/c1-22-29(21-38-27-11-4-2-5-12-27)36-31(37-30(22)24-17-15-23(20-33)16-18-24)25-9-8-10-26(19-25)32-39(34,35)28-13-6-3-7-14-28/h2-19,22,29-33H,20-21H2,1H3/t22-,29+,30+,31+/m1/s1. The number of thioether (sulfide) groups is 1. The van der Waals surface area contributed by atoms with Crippen molar-refractivity contribution in [3.63, 3.8) is 0 Å². The maximum Gasteiger partial charge on any atom is 0.261 e. The lowest BCUT2D eigenvalue weighted by molar-refractivity contribution is -0.268. The molecule has 0 spiro atoms. The number of aliphatic hydroxyl groups excluding tert-OH is 1. The fourth-order valence-electron chi connectivity index (χ4n) is 4.57. The fraction of sp³-hybridized carbons (Fsp3) is 0.226. The number of ether oxygens (including phenoxy) is 2. The van der Waals surface area contributed by atoms with Crippen molar-refractivity contribution < 1.29 is 23.0 Å². The van der Waals surface area contributed by atoms with Gasteiger partial charge in [-0.1, -0.05) is 79.7 Å². The van der Waals surface area contributed by atoms with E-state index < -0.39 is 16.3 Å². The Kier molecular flexibility index (Phi) is 8.69. The molecule has 4 aromatic carbocycles.